The van der Waals surface area contributed by atoms with Crippen molar-refractivity contribution in [3.63, 3.8) is 0 Å². The second-order valence-corrected chi connectivity index (χ2v) is 5.38. The van der Waals surface area contributed by atoms with E-state index < -0.39 is 0 Å². The van der Waals surface area contributed by atoms with Crippen LogP contribution in [-0.2, 0) is 4.74 Å². The van der Waals surface area contributed by atoms with Gasteiger partial charge in [0, 0.05) is 11.8 Å². The molecule has 82 valence electrons. The van der Waals surface area contributed by atoms with Crippen molar-refractivity contribution in [3.8, 4) is 0 Å². The highest BCUT2D eigenvalue weighted by Crippen LogP contribution is 2.38. The molecule has 0 radical (unpaired) electrons. The van der Waals surface area contributed by atoms with Crippen molar-refractivity contribution in [2.45, 2.75) is 36.6 Å². The third-order valence-corrected chi connectivity index (χ3v) is 4.03. The van der Waals surface area contributed by atoms with E-state index >= 15 is 0 Å². The van der Waals surface area contributed by atoms with Gasteiger partial charge in [-0.2, -0.15) is 0 Å². The Balaban J connectivity index is 1.76. The first-order valence-corrected chi connectivity index (χ1v) is 6.10. The summed E-state index contributed by atoms with van der Waals surface area (Å²) in [6, 6.07) is 0.381. The third-order valence-electron chi connectivity index (χ3n) is 2.73. The van der Waals surface area contributed by atoms with Crippen LogP contribution in [0.5, 0.6) is 0 Å². The molecule has 1 saturated heterocycles. The van der Waals surface area contributed by atoms with Crippen LogP contribution in [0.4, 0.5) is 0 Å². The van der Waals surface area contributed by atoms with E-state index in [0.717, 1.165) is 30.4 Å². The van der Waals surface area contributed by atoms with E-state index in [4.69, 9.17) is 4.74 Å². The Morgan fingerprint density at radius 2 is 2.47 bits per heavy atom. The summed E-state index contributed by atoms with van der Waals surface area (Å²) in [6.45, 7) is 2.89. The highest BCUT2D eigenvalue weighted by atomic mass is 32.2. The molecule has 1 N–H and O–H groups in total. The molecule has 2 fully saturated rings. The molecule has 3 rings (SSSR count). The number of aromatic nitrogens is 3. The Labute approximate surface area is 91.2 Å². The van der Waals surface area contributed by atoms with Gasteiger partial charge >= 0.3 is 5.69 Å². The van der Waals surface area contributed by atoms with Gasteiger partial charge in [0.15, 0.2) is 5.16 Å². The third kappa shape index (κ3) is 1.83. The Kier molecular flexibility index (Phi) is 1.97. The Morgan fingerprint density at radius 1 is 1.73 bits per heavy atom. The summed E-state index contributed by atoms with van der Waals surface area (Å²) in [5, 5.41) is 7.36. The van der Waals surface area contributed by atoms with Gasteiger partial charge in [-0.15, -0.1) is 5.10 Å². The zero-order valence-electron chi connectivity index (χ0n) is 8.52. The largest absolute Gasteiger partial charge is 0.369 e. The maximum atomic E-state index is 11.5. The van der Waals surface area contributed by atoms with Gasteiger partial charge in [-0.25, -0.2) is 9.89 Å². The second-order valence-electron chi connectivity index (χ2n) is 4.44. The summed E-state index contributed by atoms with van der Waals surface area (Å²) in [4.78, 5) is 11.5. The molecule has 2 aliphatic rings. The van der Waals surface area contributed by atoms with Crippen molar-refractivity contribution in [2.75, 3.05) is 12.4 Å². The van der Waals surface area contributed by atoms with E-state index in [0.29, 0.717) is 6.04 Å². The van der Waals surface area contributed by atoms with Gasteiger partial charge in [0.1, 0.15) is 0 Å². The van der Waals surface area contributed by atoms with Gasteiger partial charge < -0.3 is 4.74 Å². The summed E-state index contributed by atoms with van der Waals surface area (Å²) in [5.41, 5.74) is -0.0736. The number of rotatable bonds is 4. The quantitative estimate of drug-likeness (QED) is 0.610. The van der Waals surface area contributed by atoms with Crippen molar-refractivity contribution in [3.05, 3.63) is 10.5 Å². The smallest absolute Gasteiger partial charge is 0.344 e. The minimum Gasteiger partial charge on any atom is -0.369 e. The van der Waals surface area contributed by atoms with Gasteiger partial charge in [0.25, 0.3) is 0 Å². The van der Waals surface area contributed by atoms with Crippen LogP contribution in [0, 0.1) is 0 Å². The maximum absolute atomic E-state index is 11.5. The first-order valence-electron chi connectivity index (χ1n) is 5.12. The number of H-pyrrole nitrogens is 1. The number of hydrogen-bond acceptors (Lipinski definition) is 4. The minimum absolute atomic E-state index is 0.00798. The van der Waals surface area contributed by atoms with E-state index in [-0.39, 0.29) is 11.3 Å². The fourth-order valence-electron chi connectivity index (χ4n) is 1.47. The Morgan fingerprint density at radius 3 is 3.07 bits per heavy atom. The Bertz CT molecular complexity index is 431. The standard InChI is InChI=1S/C9H13N3O2S/c1-9(4-14-9)5-15-8-11-10-7(13)12(8)6-2-3-6/h6H,2-5H2,1H3,(H,10,13). The number of hydrogen-bond donors (Lipinski definition) is 1. The minimum atomic E-state index is -0.0816. The van der Waals surface area contributed by atoms with Crippen LogP contribution in [0.3, 0.4) is 0 Å². The first kappa shape index (κ1) is 9.47. The number of ether oxygens (including phenoxy) is 1. The van der Waals surface area contributed by atoms with Gasteiger partial charge in [0.05, 0.1) is 12.2 Å². The number of nitrogens with zero attached hydrogens (tertiary/aromatic N) is 2. The fourth-order valence-corrected chi connectivity index (χ4v) is 2.55. The average molecular weight is 227 g/mol. The molecule has 6 heteroatoms. The monoisotopic (exact) mass is 227 g/mol. The van der Waals surface area contributed by atoms with Crippen LogP contribution in [0.2, 0.25) is 0 Å². The van der Waals surface area contributed by atoms with Crippen molar-refractivity contribution in [1.29, 1.82) is 0 Å². The number of thioether (sulfide) groups is 1. The van der Waals surface area contributed by atoms with Gasteiger partial charge in [-0.3, -0.25) is 4.57 Å². The molecule has 0 amide bonds. The summed E-state index contributed by atoms with van der Waals surface area (Å²) in [6.07, 6.45) is 2.20. The summed E-state index contributed by atoms with van der Waals surface area (Å²) < 4.78 is 7.07. The normalized spacial score (nSPS) is 29.4. The second kappa shape index (κ2) is 3.12. The SMILES string of the molecule is CC1(CSc2n[nH]c(=O)n2C2CC2)CO1. The summed E-state index contributed by atoms with van der Waals surface area (Å²) >= 11 is 1.60. The van der Waals surface area contributed by atoms with Crippen LogP contribution in [0.1, 0.15) is 25.8 Å². The highest BCUT2D eigenvalue weighted by molar-refractivity contribution is 7.99. The number of nitrogens with one attached hydrogen (secondary N) is 1. The lowest BCUT2D eigenvalue weighted by Gasteiger charge is -2.05. The molecule has 0 bridgehead atoms. The van der Waals surface area contributed by atoms with Gasteiger partial charge in [-0.05, 0) is 19.8 Å². The molecule has 1 atom stereocenters. The molecule has 0 spiro atoms. The molecule has 1 aliphatic heterocycles. The first-order chi connectivity index (χ1) is 7.18. The summed E-state index contributed by atoms with van der Waals surface area (Å²) in [7, 11) is 0. The summed E-state index contributed by atoms with van der Waals surface area (Å²) in [5.74, 6) is 0.865. The van der Waals surface area contributed by atoms with Crippen LogP contribution >= 0.6 is 11.8 Å². The van der Waals surface area contributed by atoms with E-state index in [2.05, 4.69) is 17.1 Å². The van der Waals surface area contributed by atoms with Crippen LogP contribution in [-0.4, -0.2) is 32.7 Å². The van der Waals surface area contributed by atoms with Crippen molar-refractivity contribution in [1.82, 2.24) is 14.8 Å². The van der Waals surface area contributed by atoms with E-state index in [1.165, 1.54) is 0 Å². The molecule has 1 unspecified atom stereocenters. The molecular weight excluding hydrogens is 214 g/mol. The lowest BCUT2D eigenvalue weighted by Crippen LogP contribution is -2.17. The Hall–Kier alpha value is -0.750. The maximum Gasteiger partial charge on any atom is 0.344 e. The molecule has 2 heterocycles. The molecule has 1 saturated carbocycles. The van der Waals surface area contributed by atoms with Gasteiger partial charge in [-0.1, -0.05) is 11.8 Å². The molecule has 1 aliphatic carbocycles. The van der Waals surface area contributed by atoms with E-state index in [1.54, 1.807) is 16.3 Å². The van der Waals surface area contributed by atoms with E-state index in [9.17, 15) is 4.79 Å². The van der Waals surface area contributed by atoms with Crippen molar-refractivity contribution < 1.29 is 4.74 Å². The molecule has 1 aromatic heterocycles. The molecule has 5 nitrogen and oxygen atoms in total. The highest BCUT2D eigenvalue weighted by Gasteiger charge is 2.40. The van der Waals surface area contributed by atoms with Crippen molar-refractivity contribution in [2.24, 2.45) is 0 Å². The van der Waals surface area contributed by atoms with Crippen LogP contribution < -0.4 is 5.69 Å². The lowest BCUT2D eigenvalue weighted by atomic mass is 10.3. The zero-order chi connectivity index (χ0) is 10.5. The van der Waals surface area contributed by atoms with E-state index in [1.807, 2.05) is 0 Å². The number of aromatic amines is 1. The predicted molar refractivity (Wildman–Crippen MR) is 56.2 cm³/mol. The fraction of sp³-hybridized carbons (Fsp3) is 0.778. The van der Waals surface area contributed by atoms with Gasteiger partial charge in [0.2, 0.25) is 0 Å². The predicted octanol–water partition coefficient (Wildman–Crippen LogP) is 0.787. The van der Waals surface area contributed by atoms with Crippen LogP contribution in [0.15, 0.2) is 9.95 Å². The topological polar surface area (TPSA) is 63.2 Å². The van der Waals surface area contributed by atoms with Crippen LogP contribution in [0.25, 0.3) is 0 Å². The molecule has 0 aromatic carbocycles. The molecule has 1 aromatic rings. The molecular formula is C9H13N3O2S. The van der Waals surface area contributed by atoms with Crippen molar-refractivity contribution >= 4 is 11.8 Å². The molecule has 15 heavy (non-hydrogen) atoms. The lowest BCUT2D eigenvalue weighted by molar-refractivity contribution is 0.348. The number of epoxide rings is 1. The zero-order valence-corrected chi connectivity index (χ0v) is 9.34. The average Bonchev–Trinajstić information content (AvgIpc) is 3.10.